The van der Waals surface area contributed by atoms with E-state index >= 15 is 0 Å². The molecule has 5 heteroatoms. The Hall–Kier alpha value is -0.970. The number of benzene rings is 1. The molecule has 1 rings (SSSR count). The minimum absolute atomic E-state index is 0.00926. The van der Waals surface area contributed by atoms with Crippen LogP contribution < -0.4 is 4.74 Å². The maximum atomic E-state index is 11.9. The molecule has 0 unspecified atom stereocenters. The summed E-state index contributed by atoms with van der Waals surface area (Å²) >= 11 is 3.17. The normalized spacial score (nSPS) is 10.5. The Kier molecular flexibility index (Phi) is 4.20. The summed E-state index contributed by atoms with van der Waals surface area (Å²) in [5, 5.41) is 0. The minimum atomic E-state index is -2.88. The van der Waals surface area contributed by atoms with Crippen LogP contribution in [0.4, 0.5) is 8.78 Å². The van der Waals surface area contributed by atoms with Crippen LogP contribution in [0.1, 0.15) is 23.7 Å². The molecule has 0 N–H and O–H groups in total. The van der Waals surface area contributed by atoms with Crippen LogP contribution in [0.5, 0.6) is 5.75 Å². The first-order valence-electron chi connectivity index (χ1n) is 4.32. The van der Waals surface area contributed by atoms with E-state index in [1.807, 2.05) is 0 Å². The zero-order valence-corrected chi connectivity index (χ0v) is 9.55. The van der Waals surface area contributed by atoms with Crippen molar-refractivity contribution in [3.63, 3.8) is 0 Å². The van der Waals surface area contributed by atoms with Crippen LogP contribution in [-0.4, -0.2) is 12.4 Å². The third-order valence-corrected chi connectivity index (χ3v) is 2.48. The molecule has 2 nitrogen and oxygen atoms in total. The van der Waals surface area contributed by atoms with Gasteiger partial charge in [-0.2, -0.15) is 8.78 Å². The van der Waals surface area contributed by atoms with Crippen LogP contribution in [0.2, 0.25) is 0 Å². The van der Waals surface area contributed by atoms with Gasteiger partial charge in [-0.25, -0.2) is 0 Å². The Morgan fingerprint density at radius 1 is 1.53 bits per heavy atom. The molecule has 0 aliphatic carbocycles. The SMILES string of the molecule is CCC(=O)c1cc(OC(F)F)ccc1Br. The monoisotopic (exact) mass is 278 g/mol. The van der Waals surface area contributed by atoms with Gasteiger partial charge in [-0.15, -0.1) is 0 Å². The third-order valence-electron chi connectivity index (χ3n) is 1.78. The number of halogens is 3. The Balaban J connectivity index is 3.00. The van der Waals surface area contributed by atoms with E-state index in [9.17, 15) is 13.6 Å². The highest BCUT2D eigenvalue weighted by molar-refractivity contribution is 9.10. The maximum absolute atomic E-state index is 11.9. The average Bonchev–Trinajstić information content (AvgIpc) is 2.19. The summed E-state index contributed by atoms with van der Waals surface area (Å²) in [6.45, 7) is -1.18. The van der Waals surface area contributed by atoms with E-state index in [4.69, 9.17) is 0 Å². The molecule has 0 aliphatic heterocycles. The molecular weight excluding hydrogens is 270 g/mol. The fourth-order valence-corrected chi connectivity index (χ4v) is 1.55. The van der Waals surface area contributed by atoms with Crippen LogP contribution in [0.25, 0.3) is 0 Å². The molecule has 15 heavy (non-hydrogen) atoms. The summed E-state index contributed by atoms with van der Waals surface area (Å²) in [7, 11) is 0. The third kappa shape index (κ3) is 3.27. The van der Waals surface area contributed by atoms with Gasteiger partial charge < -0.3 is 4.74 Å². The van der Waals surface area contributed by atoms with Gasteiger partial charge in [0.25, 0.3) is 0 Å². The number of ether oxygens (including phenoxy) is 1. The Bertz CT molecular complexity index is 366. The summed E-state index contributed by atoms with van der Waals surface area (Å²) < 4.78 is 28.6. The molecule has 0 amide bonds. The smallest absolute Gasteiger partial charge is 0.387 e. The summed E-state index contributed by atoms with van der Waals surface area (Å²) in [4.78, 5) is 11.4. The molecule has 0 saturated heterocycles. The molecule has 82 valence electrons. The molecule has 0 fully saturated rings. The van der Waals surface area contributed by atoms with E-state index in [1.165, 1.54) is 18.2 Å². The largest absolute Gasteiger partial charge is 0.435 e. The van der Waals surface area contributed by atoms with Crippen LogP contribution in [0.3, 0.4) is 0 Å². The number of carbonyl (C=O) groups excluding carboxylic acids is 1. The van der Waals surface area contributed by atoms with Crippen molar-refractivity contribution in [1.82, 2.24) is 0 Å². The molecule has 1 aromatic carbocycles. The van der Waals surface area contributed by atoms with Gasteiger partial charge >= 0.3 is 6.61 Å². The van der Waals surface area contributed by atoms with E-state index in [1.54, 1.807) is 6.92 Å². The number of alkyl halides is 2. The first-order chi connectivity index (χ1) is 7.04. The van der Waals surface area contributed by atoms with Crippen molar-refractivity contribution in [2.45, 2.75) is 20.0 Å². The quantitative estimate of drug-likeness (QED) is 0.786. The second-order valence-corrected chi connectivity index (χ2v) is 3.65. The highest BCUT2D eigenvalue weighted by atomic mass is 79.9. The lowest BCUT2D eigenvalue weighted by Gasteiger charge is -2.07. The van der Waals surface area contributed by atoms with E-state index in [0.717, 1.165) is 0 Å². The van der Waals surface area contributed by atoms with Crippen molar-refractivity contribution in [2.75, 3.05) is 0 Å². The second-order valence-electron chi connectivity index (χ2n) is 2.80. The summed E-state index contributed by atoms with van der Waals surface area (Å²) in [5.41, 5.74) is 0.357. The molecule has 1 aromatic rings. The van der Waals surface area contributed by atoms with Crippen molar-refractivity contribution in [1.29, 1.82) is 0 Å². The van der Waals surface area contributed by atoms with Crippen LogP contribution in [0.15, 0.2) is 22.7 Å². The lowest BCUT2D eigenvalue weighted by atomic mass is 10.1. The van der Waals surface area contributed by atoms with Crippen molar-refractivity contribution >= 4 is 21.7 Å². The van der Waals surface area contributed by atoms with Gasteiger partial charge in [-0.05, 0) is 18.2 Å². The van der Waals surface area contributed by atoms with Gasteiger partial charge in [0, 0.05) is 16.5 Å². The van der Waals surface area contributed by atoms with Gasteiger partial charge in [-0.1, -0.05) is 22.9 Å². The van der Waals surface area contributed by atoms with Gasteiger partial charge in [-0.3, -0.25) is 4.79 Å². The lowest BCUT2D eigenvalue weighted by molar-refractivity contribution is -0.0498. The minimum Gasteiger partial charge on any atom is -0.435 e. The molecule has 0 atom stereocenters. The number of Topliss-reactive ketones (excluding diaryl/α,β-unsaturated/α-hetero) is 1. The topological polar surface area (TPSA) is 26.3 Å². The van der Waals surface area contributed by atoms with Crippen LogP contribution >= 0.6 is 15.9 Å². The Morgan fingerprint density at radius 3 is 2.73 bits per heavy atom. The molecule has 0 aliphatic rings. The van der Waals surface area contributed by atoms with Gasteiger partial charge in [0.1, 0.15) is 5.75 Å². The second kappa shape index (κ2) is 5.21. The predicted octanol–water partition coefficient (Wildman–Crippen LogP) is 3.64. The highest BCUT2D eigenvalue weighted by Gasteiger charge is 2.11. The Morgan fingerprint density at radius 2 is 2.20 bits per heavy atom. The molecule has 0 spiro atoms. The van der Waals surface area contributed by atoms with Gasteiger partial charge in [0.15, 0.2) is 5.78 Å². The molecule has 0 aromatic heterocycles. The first kappa shape index (κ1) is 12.1. The Labute approximate surface area is 94.4 Å². The number of hydrogen-bond donors (Lipinski definition) is 0. The zero-order chi connectivity index (χ0) is 11.4. The fraction of sp³-hybridized carbons (Fsp3) is 0.300. The number of ketones is 1. The predicted molar refractivity (Wildman–Crippen MR) is 55.4 cm³/mol. The summed E-state index contributed by atoms with van der Waals surface area (Å²) in [5.74, 6) is -0.133. The molecule has 0 heterocycles. The van der Waals surface area contributed by atoms with E-state index in [-0.39, 0.29) is 11.5 Å². The highest BCUT2D eigenvalue weighted by Crippen LogP contribution is 2.24. The maximum Gasteiger partial charge on any atom is 0.387 e. The fourth-order valence-electron chi connectivity index (χ4n) is 1.08. The van der Waals surface area contributed by atoms with Crippen molar-refractivity contribution in [3.05, 3.63) is 28.2 Å². The summed E-state index contributed by atoms with van der Waals surface area (Å²) in [6.07, 6.45) is 0.316. The van der Waals surface area contributed by atoms with Crippen LogP contribution in [-0.2, 0) is 0 Å². The summed E-state index contributed by atoms with van der Waals surface area (Å²) in [6, 6.07) is 4.20. The van der Waals surface area contributed by atoms with Gasteiger partial charge in [0.2, 0.25) is 0 Å². The molecule has 0 radical (unpaired) electrons. The number of rotatable bonds is 4. The zero-order valence-electron chi connectivity index (χ0n) is 7.97. The number of carbonyl (C=O) groups is 1. The van der Waals surface area contributed by atoms with E-state index in [2.05, 4.69) is 20.7 Å². The van der Waals surface area contributed by atoms with Gasteiger partial charge in [0.05, 0.1) is 0 Å². The molecule has 0 bridgehead atoms. The van der Waals surface area contributed by atoms with Crippen molar-refractivity contribution in [2.24, 2.45) is 0 Å². The van der Waals surface area contributed by atoms with Crippen molar-refractivity contribution < 1.29 is 18.3 Å². The van der Waals surface area contributed by atoms with E-state index < -0.39 is 6.61 Å². The average molecular weight is 279 g/mol. The molecular formula is C10H9BrF2O2. The van der Waals surface area contributed by atoms with E-state index in [0.29, 0.717) is 16.5 Å². The lowest BCUT2D eigenvalue weighted by Crippen LogP contribution is -2.04. The number of hydrogen-bond acceptors (Lipinski definition) is 2. The first-order valence-corrected chi connectivity index (χ1v) is 5.11. The standard InChI is InChI=1S/C10H9BrF2O2/c1-2-9(14)7-5-6(15-10(12)13)3-4-8(7)11/h3-5,10H,2H2,1H3. The molecule has 0 saturated carbocycles. The van der Waals surface area contributed by atoms with Crippen molar-refractivity contribution in [3.8, 4) is 5.75 Å². The van der Waals surface area contributed by atoms with Crippen LogP contribution in [0, 0.1) is 0 Å².